The average molecular weight is 548 g/mol. The first-order valence-electron chi connectivity index (χ1n) is 11.8. The third-order valence-corrected chi connectivity index (χ3v) is 9.28. The summed E-state index contributed by atoms with van der Waals surface area (Å²) in [5.74, 6) is 0.447. The van der Waals surface area contributed by atoms with Gasteiger partial charge in [0.1, 0.15) is 19.5 Å². The predicted octanol–water partition coefficient (Wildman–Crippen LogP) is 3.59. The third kappa shape index (κ3) is 4.92. The van der Waals surface area contributed by atoms with Crippen LogP contribution in [0.5, 0.6) is 0 Å². The van der Waals surface area contributed by atoms with E-state index in [1.165, 1.54) is 16.4 Å². The number of nitrogens with zero attached hydrogens (tertiary/aromatic N) is 4. The van der Waals surface area contributed by atoms with Gasteiger partial charge in [-0.2, -0.15) is 13.9 Å². The molecule has 7 nitrogen and oxygen atoms in total. The maximum atomic E-state index is 13.5. The van der Waals surface area contributed by atoms with E-state index in [0.717, 1.165) is 52.1 Å². The van der Waals surface area contributed by atoms with Crippen molar-refractivity contribution in [2.24, 2.45) is 5.92 Å². The molecule has 36 heavy (non-hydrogen) atoms. The van der Waals surface area contributed by atoms with Crippen molar-refractivity contribution in [3.8, 4) is 0 Å². The molecular weight excluding hydrogens is 523 g/mol. The Morgan fingerprint density at radius 2 is 1.97 bits per heavy atom. The molecule has 1 N–H and O–H groups in total. The SMILES string of the molecule is Bc1cnn2c(NCC3CCN(S(=O)(=O)c4ccc(F)c(Cl)c4)CC3)cc(C3=C(Cl)CCC=C3)nc12. The van der Waals surface area contributed by atoms with Gasteiger partial charge in [-0.05, 0) is 55.3 Å². The first-order valence-corrected chi connectivity index (χ1v) is 14.0. The van der Waals surface area contributed by atoms with Gasteiger partial charge in [0.2, 0.25) is 10.0 Å². The van der Waals surface area contributed by atoms with Crippen LogP contribution in [0, 0.1) is 11.7 Å². The van der Waals surface area contributed by atoms with Gasteiger partial charge in [-0.3, -0.25) is 0 Å². The standard InChI is InChI=1S/C24H25BCl2FN5O2S/c25-18-14-30-33-23(12-22(31-24(18)33)17-3-1-2-4-19(17)26)29-13-15-7-9-32(10-8-15)36(34,35)16-5-6-21(28)20(27)11-16/h1,3,5-6,11-12,14-15,29H,2,4,7-10,13,25H2. The van der Waals surface area contributed by atoms with Crippen LogP contribution < -0.4 is 10.8 Å². The van der Waals surface area contributed by atoms with Gasteiger partial charge in [-0.15, -0.1) is 0 Å². The van der Waals surface area contributed by atoms with Gasteiger partial charge in [0.15, 0.2) is 5.65 Å². The van der Waals surface area contributed by atoms with Gasteiger partial charge in [-0.1, -0.05) is 35.4 Å². The van der Waals surface area contributed by atoms with Crippen molar-refractivity contribution in [3.05, 3.63) is 64.2 Å². The fourth-order valence-corrected chi connectivity index (χ4v) is 6.60. The number of allylic oxidation sites excluding steroid dienone is 4. The lowest BCUT2D eigenvalue weighted by Crippen LogP contribution is -2.39. The maximum Gasteiger partial charge on any atom is 0.243 e. The zero-order valence-electron chi connectivity index (χ0n) is 19.7. The topological polar surface area (TPSA) is 79.6 Å². The van der Waals surface area contributed by atoms with Gasteiger partial charge in [0.25, 0.3) is 0 Å². The maximum absolute atomic E-state index is 13.5. The molecule has 1 fully saturated rings. The Hall–Kier alpha value is -2.40. The van der Waals surface area contributed by atoms with Crippen LogP contribution in [0.15, 0.2) is 52.5 Å². The molecule has 3 aromatic rings. The van der Waals surface area contributed by atoms with Gasteiger partial charge < -0.3 is 5.32 Å². The summed E-state index contributed by atoms with van der Waals surface area (Å²) < 4.78 is 42.7. The van der Waals surface area contributed by atoms with Crippen molar-refractivity contribution in [2.45, 2.75) is 30.6 Å². The van der Waals surface area contributed by atoms with Gasteiger partial charge in [0.05, 0.1) is 15.6 Å². The van der Waals surface area contributed by atoms with Gasteiger partial charge >= 0.3 is 0 Å². The number of halogens is 3. The highest BCUT2D eigenvalue weighted by Gasteiger charge is 2.30. The highest BCUT2D eigenvalue weighted by atomic mass is 35.5. The number of hydrogen-bond donors (Lipinski definition) is 1. The second-order valence-corrected chi connectivity index (χ2v) is 12.0. The molecule has 12 heteroatoms. The number of sulfonamides is 1. The molecule has 5 rings (SSSR count). The summed E-state index contributed by atoms with van der Waals surface area (Å²) >= 11 is 12.3. The Labute approximate surface area is 220 Å². The first kappa shape index (κ1) is 25.3. The molecule has 2 aromatic heterocycles. The normalized spacial score (nSPS) is 17.8. The molecule has 0 radical (unpaired) electrons. The molecule has 0 bridgehead atoms. The quantitative estimate of drug-likeness (QED) is 0.477. The highest BCUT2D eigenvalue weighted by Crippen LogP contribution is 2.31. The van der Waals surface area contributed by atoms with E-state index in [-0.39, 0.29) is 15.8 Å². The number of fused-ring (bicyclic) bond motifs is 1. The Morgan fingerprint density at radius 1 is 1.19 bits per heavy atom. The van der Waals surface area contributed by atoms with Crippen LogP contribution in [0.1, 0.15) is 31.4 Å². The van der Waals surface area contributed by atoms with E-state index < -0.39 is 15.8 Å². The van der Waals surface area contributed by atoms with Crippen molar-refractivity contribution in [1.82, 2.24) is 18.9 Å². The van der Waals surface area contributed by atoms with Crippen LogP contribution in [-0.2, 0) is 10.0 Å². The zero-order valence-corrected chi connectivity index (χ0v) is 22.0. The number of hydrogen-bond acceptors (Lipinski definition) is 5. The van der Waals surface area contributed by atoms with Crippen LogP contribution >= 0.6 is 23.2 Å². The van der Waals surface area contributed by atoms with Crippen molar-refractivity contribution in [2.75, 3.05) is 25.0 Å². The lowest BCUT2D eigenvalue weighted by molar-refractivity contribution is 0.282. The number of piperidine rings is 1. The molecule has 0 unspecified atom stereocenters. The van der Waals surface area contributed by atoms with E-state index in [0.29, 0.717) is 32.5 Å². The molecule has 2 aliphatic rings. The molecular formula is C24H25BCl2FN5O2S. The molecule has 3 heterocycles. The summed E-state index contributed by atoms with van der Waals surface area (Å²) in [7, 11) is -1.75. The molecule has 0 atom stereocenters. The number of nitrogens with one attached hydrogen (secondary N) is 1. The second-order valence-electron chi connectivity index (χ2n) is 9.15. The molecule has 188 valence electrons. The fraction of sp³-hybridized carbons (Fsp3) is 0.333. The van der Waals surface area contributed by atoms with E-state index in [1.54, 1.807) is 10.7 Å². The highest BCUT2D eigenvalue weighted by molar-refractivity contribution is 7.89. The molecule has 1 aliphatic carbocycles. The summed E-state index contributed by atoms with van der Waals surface area (Å²) in [5, 5.41) is 8.58. The summed E-state index contributed by atoms with van der Waals surface area (Å²) in [6.45, 7) is 1.43. The van der Waals surface area contributed by atoms with Gasteiger partial charge in [-0.25, -0.2) is 17.8 Å². The van der Waals surface area contributed by atoms with E-state index in [2.05, 4.69) is 16.5 Å². The monoisotopic (exact) mass is 547 g/mol. The number of anilines is 1. The molecule has 1 aromatic carbocycles. The summed E-state index contributed by atoms with van der Waals surface area (Å²) in [6.07, 6.45) is 9.02. The van der Waals surface area contributed by atoms with E-state index in [4.69, 9.17) is 28.2 Å². The average Bonchev–Trinajstić information content (AvgIpc) is 3.25. The minimum atomic E-state index is -3.73. The molecule has 0 amide bonds. The Morgan fingerprint density at radius 3 is 2.69 bits per heavy atom. The first-order chi connectivity index (χ1) is 17.2. The van der Waals surface area contributed by atoms with Crippen LogP contribution in [0.2, 0.25) is 5.02 Å². The predicted molar refractivity (Wildman–Crippen MR) is 144 cm³/mol. The molecule has 0 spiro atoms. The zero-order chi connectivity index (χ0) is 25.4. The largest absolute Gasteiger partial charge is 0.370 e. The van der Waals surface area contributed by atoms with Crippen LogP contribution in [0.25, 0.3) is 11.2 Å². The minimum Gasteiger partial charge on any atom is -0.370 e. The van der Waals surface area contributed by atoms with Crippen LogP contribution in [-0.4, -0.2) is 54.8 Å². The summed E-state index contributed by atoms with van der Waals surface area (Å²) in [6, 6.07) is 5.47. The number of benzene rings is 1. The summed E-state index contributed by atoms with van der Waals surface area (Å²) in [4.78, 5) is 4.81. The number of rotatable bonds is 6. The van der Waals surface area contributed by atoms with Gasteiger partial charge in [0, 0.05) is 42.5 Å². The van der Waals surface area contributed by atoms with E-state index in [1.807, 2.05) is 20.0 Å². The molecule has 0 saturated carbocycles. The van der Waals surface area contributed by atoms with Crippen molar-refractivity contribution >= 4 is 63.6 Å². The van der Waals surface area contributed by atoms with Crippen LogP contribution in [0.4, 0.5) is 10.2 Å². The van der Waals surface area contributed by atoms with Crippen molar-refractivity contribution in [3.63, 3.8) is 0 Å². The fourth-order valence-electron chi connectivity index (χ4n) is 4.59. The number of aromatic nitrogens is 3. The van der Waals surface area contributed by atoms with Crippen molar-refractivity contribution < 1.29 is 12.8 Å². The second kappa shape index (κ2) is 10.2. The lowest BCUT2D eigenvalue weighted by atomic mass is 9.98. The lowest BCUT2D eigenvalue weighted by Gasteiger charge is -2.31. The van der Waals surface area contributed by atoms with E-state index in [9.17, 15) is 12.8 Å². The third-order valence-electron chi connectivity index (χ3n) is 6.71. The Kier molecular flexibility index (Phi) is 7.13. The van der Waals surface area contributed by atoms with E-state index >= 15 is 0 Å². The molecule has 1 saturated heterocycles. The molecule has 1 aliphatic heterocycles. The Bertz CT molecular complexity index is 1480. The smallest absolute Gasteiger partial charge is 0.243 e. The van der Waals surface area contributed by atoms with Crippen LogP contribution in [0.3, 0.4) is 0 Å². The minimum absolute atomic E-state index is 0.0102. The Balaban J connectivity index is 1.29. The summed E-state index contributed by atoms with van der Waals surface area (Å²) in [5.41, 5.74) is 3.46. The van der Waals surface area contributed by atoms with Crippen molar-refractivity contribution in [1.29, 1.82) is 0 Å².